The van der Waals surface area contributed by atoms with Gasteiger partial charge < -0.3 is 10.2 Å². The molecule has 1 aromatic rings. The topological polar surface area (TPSA) is 78.5 Å². The van der Waals surface area contributed by atoms with Crippen LogP contribution < -0.4 is 10.0 Å². The van der Waals surface area contributed by atoms with E-state index in [4.69, 9.17) is 0 Å². The maximum atomic E-state index is 12.6. The molecule has 0 unspecified atom stereocenters. The van der Waals surface area contributed by atoms with E-state index in [0.717, 1.165) is 25.7 Å². The SMILES string of the molecule is CCCS(=O)(=O)Nc1cccc(NC(=O)N(C)C2CCCCCCC2)c1. The number of carbonyl (C=O) groups excluding carboxylic acids is 1. The van der Waals surface area contributed by atoms with Gasteiger partial charge in [-0.25, -0.2) is 13.2 Å². The standard InChI is InChI=1S/C19H31N3O3S/c1-3-14-26(24,25)21-17-11-9-10-16(15-17)20-19(23)22(2)18-12-7-5-4-6-8-13-18/h9-11,15,18,21H,3-8,12-14H2,1-2H3,(H,20,23). The smallest absolute Gasteiger partial charge is 0.321 e. The van der Waals surface area contributed by atoms with Crippen molar-refractivity contribution >= 4 is 27.4 Å². The summed E-state index contributed by atoms with van der Waals surface area (Å²) in [5.74, 6) is 0.0774. The lowest BCUT2D eigenvalue weighted by atomic mass is 9.96. The molecule has 0 atom stereocenters. The van der Waals surface area contributed by atoms with E-state index in [9.17, 15) is 13.2 Å². The molecular weight excluding hydrogens is 350 g/mol. The average molecular weight is 382 g/mol. The highest BCUT2D eigenvalue weighted by Gasteiger charge is 2.20. The van der Waals surface area contributed by atoms with Gasteiger partial charge in [-0.3, -0.25) is 4.72 Å². The van der Waals surface area contributed by atoms with Crippen LogP contribution in [0.25, 0.3) is 0 Å². The fraction of sp³-hybridized carbons (Fsp3) is 0.632. The van der Waals surface area contributed by atoms with Crippen LogP contribution >= 0.6 is 0 Å². The summed E-state index contributed by atoms with van der Waals surface area (Å²) in [4.78, 5) is 14.4. The number of benzene rings is 1. The minimum absolute atomic E-state index is 0.0774. The molecule has 6 nitrogen and oxygen atoms in total. The van der Waals surface area contributed by atoms with Crippen molar-refractivity contribution in [3.05, 3.63) is 24.3 Å². The Morgan fingerprint density at radius 3 is 2.38 bits per heavy atom. The molecule has 0 saturated heterocycles. The van der Waals surface area contributed by atoms with Crippen LogP contribution in [0.4, 0.5) is 16.2 Å². The molecule has 2 amide bonds. The molecule has 2 rings (SSSR count). The summed E-state index contributed by atoms with van der Waals surface area (Å²) in [6, 6.07) is 6.94. The highest BCUT2D eigenvalue weighted by Crippen LogP contribution is 2.22. The Hall–Kier alpha value is -1.76. The van der Waals surface area contributed by atoms with Gasteiger partial charge in [0.05, 0.1) is 11.4 Å². The molecule has 2 N–H and O–H groups in total. The van der Waals surface area contributed by atoms with Crippen LogP contribution in [0.1, 0.15) is 58.3 Å². The summed E-state index contributed by atoms with van der Waals surface area (Å²) < 4.78 is 26.4. The molecular formula is C19H31N3O3S. The van der Waals surface area contributed by atoms with E-state index in [-0.39, 0.29) is 17.8 Å². The van der Waals surface area contributed by atoms with Crippen LogP contribution in [0.5, 0.6) is 0 Å². The predicted molar refractivity (Wildman–Crippen MR) is 107 cm³/mol. The van der Waals surface area contributed by atoms with E-state index in [1.165, 1.54) is 19.3 Å². The zero-order chi connectivity index (χ0) is 19.0. The number of hydrogen-bond donors (Lipinski definition) is 2. The Morgan fingerprint density at radius 1 is 1.12 bits per heavy atom. The molecule has 7 heteroatoms. The molecule has 26 heavy (non-hydrogen) atoms. The van der Waals surface area contributed by atoms with Crippen molar-refractivity contribution in [1.29, 1.82) is 0 Å². The van der Waals surface area contributed by atoms with Gasteiger partial charge in [-0.2, -0.15) is 0 Å². The second-order valence-electron chi connectivity index (χ2n) is 7.04. The lowest BCUT2D eigenvalue weighted by Crippen LogP contribution is -2.40. The van der Waals surface area contributed by atoms with E-state index in [1.54, 1.807) is 29.2 Å². The molecule has 146 valence electrons. The average Bonchev–Trinajstić information content (AvgIpc) is 2.53. The summed E-state index contributed by atoms with van der Waals surface area (Å²) in [7, 11) is -1.50. The Bertz CT molecular complexity index is 683. The minimum Gasteiger partial charge on any atom is -0.325 e. The summed E-state index contributed by atoms with van der Waals surface area (Å²) >= 11 is 0. The molecule has 0 radical (unpaired) electrons. The molecule has 0 spiro atoms. The highest BCUT2D eigenvalue weighted by atomic mass is 32.2. The molecule has 0 aromatic heterocycles. The van der Waals surface area contributed by atoms with Gasteiger partial charge in [0, 0.05) is 18.8 Å². The maximum Gasteiger partial charge on any atom is 0.321 e. The van der Waals surface area contributed by atoms with E-state index in [0.29, 0.717) is 17.8 Å². The number of hydrogen-bond acceptors (Lipinski definition) is 3. The number of anilines is 2. The number of carbonyl (C=O) groups is 1. The molecule has 0 aliphatic heterocycles. The van der Waals surface area contributed by atoms with Crippen LogP contribution in [0, 0.1) is 0 Å². The van der Waals surface area contributed by atoms with Crippen molar-refractivity contribution in [3.8, 4) is 0 Å². The van der Waals surface area contributed by atoms with Crippen molar-refractivity contribution in [3.63, 3.8) is 0 Å². The van der Waals surface area contributed by atoms with Gasteiger partial charge in [0.15, 0.2) is 0 Å². The van der Waals surface area contributed by atoms with Crippen LogP contribution in [0.3, 0.4) is 0 Å². The van der Waals surface area contributed by atoms with E-state index in [2.05, 4.69) is 10.0 Å². The third-order valence-electron chi connectivity index (χ3n) is 4.80. The van der Waals surface area contributed by atoms with Crippen LogP contribution in [0.2, 0.25) is 0 Å². The van der Waals surface area contributed by atoms with Crippen LogP contribution in [-0.2, 0) is 10.0 Å². The molecule has 1 saturated carbocycles. The van der Waals surface area contributed by atoms with Gasteiger partial charge in [-0.05, 0) is 37.5 Å². The summed E-state index contributed by atoms with van der Waals surface area (Å²) in [5, 5.41) is 2.89. The number of amides is 2. The Balaban J connectivity index is 1.98. The largest absolute Gasteiger partial charge is 0.325 e. The molecule has 0 bridgehead atoms. The first-order valence-corrected chi connectivity index (χ1v) is 11.2. The quantitative estimate of drug-likeness (QED) is 0.766. The first-order valence-electron chi connectivity index (χ1n) is 9.55. The van der Waals surface area contributed by atoms with Gasteiger partial charge in [-0.1, -0.05) is 45.1 Å². The maximum absolute atomic E-state index is 12.6. The fourth-order valence-electron chi connectivity index (χ4n) is 3.36. The second kappa shape index (κ2) is 9.80. The van der Waals surface area contributed by atoms with Crippen molar-refractivity contribution < 1.29 is 13.2 Å². The van der Waals surface area contributed by atoms with Crippen molar-refractivity contribution in [2.45, 2.75) is 64.3 Å². The molecule has 1 aliphatic rings. The molecule has 1 aliphatic carbocycles. The van der Waals surface area contributed by atoms with Crippen molar-refractivity contribution in [1.82, 2.24) is 4.90 Å². The number of nitrogens with zero attached hydrogens (tertiary/aromatic N) is 1. The minimum atomic E-state index is -3.34. The van der Waals surface area contributed by atoms with Gasteiger partial charge in [0.1, 0.15) is 0 Å². The van der Waals surface area contributed by atoms with Gasteiger partial charge >= 0.3 is 6.03 Å². The lowest BCUT2D eigenvalue weighted by molar-refractivity contribution is 0.191. The predicted octanol–water partition coefficient (Wildman–Crippen LogP) is 4.41. The Labute approximate surface area is 157 Å². The Kier molecular flexibility index (Phi) is 7.75. The molecule has 0 heterocycles. The normalized spacial score (nSPS) is 16.4. The van der Waals surface area contributed by atoms with E-state index >= 15 is 0 Å². The first-order chi connectivity index (χ1) is 12.4. The first kappa shape index (κ1) is 20.6. The van der Waals surface area contributed by atoms with Crippen molar-refractivity contribution in [2.75, 3.05) is 22.8 Å². The van der Waals surface area contributed by atoms with Gasteiger partial charge in [0.2, 0.25) is 10.0 Å². The number of sulfonamides is 1. The highest BCUT2D eigenvalue weighted by molar-refractivity contribution is 7.92. The van der Waals surface area contributed by atoms with Gasteiger partial charge in [-0.15, -0.1) is 0 Å². The zero-order valence-corrected chi connectivity index (χ0v) is 16.6. The van der Waals surface area contributed by atoms with E-state index in [1.807, 2.05) is 14.0 Å². The van der Waals surface area contributed by atoms with E-state index < -0.39 is 10.0 Å². The fourth-order valence-corrected chi connectivity index (χ4v) is 4.48. The summed E-state index contributed by atoms with van der Waals surface area (Å²) in [6.07, 6.45) is 8.74. The van der Waals surface area contributed by atoms with Crippen molar-refractivity contribution in [2.24, 2.45) is 0 Å². The van der Waals surface area contributed by atoms with Gasteiger partial charge in [0.25, 0.3) is 0 Å². The second-order valence-corrected chi connectivity index (χ2v) is 8.88. The summed E-state index contributed by atoms with van der Waals surface area (Å²) in [6.45, 7) is 1.82. The Morgan fingerprint density at radius 2 is 1.73 bits per heavy atom. The zero-order valence-electron chi connectivity index (χ0n) is 15.8. The van der Waals surface area contributed by atoms with Crippen LogP contribution in [0.15, 0.2) is 24.3 Å². The van der Waals surface area contributed by atoms with Crippen LogP contribution in [-0.4, -0.2) is 38.2 Å². The molecule has 1 fully saturated rings. The summed E-state index contributed by atoms with van der Waals surface area (Å²) in [5.41, 5.74) is 1.05. The third kappa shape index (κ3) is 6.52. The molecule has 1 aromatic carbocycles. The monoisotopic (exact) mass is 381 g/mol. The third-order valence-corrected chi connectivity index (χ3v) is 6.30. The number of nitrogens with one attached hydrogen (secondary N) is 2. The number of urea groups is 1. The number of rotatable bonds is 6. The lowest BCUT2D eigenvalue weighted by Gasteiger charge is -2.30.